The third-order valence-corrected chi connectivity index (χ3v) is 11.0. The largest absolute Gasteiger partial charge is 0.417 e. The molecular weight excluding hydrogens is 800 g/mol. The predicted molar refractivity (Wildman–Crippen MR) is 216 cm³/mol. The number of alkyl halides is 3. The van der Waals surface area contributed by atoms with Crippen LogP contribution < -0.4 is 31.5 Å². The van der Waals surface area contributed by atoms with Gasteiger partial charge in [0.1, 0.15) is 17.8 Å². The van der Waals surface area contributed by atoms with Crippen LogP contribution >= 0.6 is 0 Å². The summed E-state index contributed by atoms with van der Waals surface area (Å²) >= 11 is 0. The SMILES string of the molecule is CNc1c(C(=O)NC2CC2)cnc2cc(C(F)(F)F)c(-c3ccc(C(=O)NCCCCNC(=O)[C@H](C)N(C)c4cccc5c4C(=O)N(C4CCC(=O)NC4=O)C5=O)nc3)cc12. The van der Waals surface area contributed by atoms with E-state index in [-0.39, 0.29) is 82.8 Å². The standard InChI is InChI=1S/C42H42F3N9O7/c1-21(53(3)31-8-6-7-24-34(31)41(61)54(40(24)60)32-13-14-33(55)52-39(32)59)36(56)47-15-4-5-16-48-38(58)29-12-9-22(19-49-29)25-17-26-30(18-28(25)42(43,44)45)50-20-27(35(26)46-2)37(57)51-23-10-11-23/h6-9,12,17-21,23,32H,4-5,10-11,13-16H2,1-3H3,(H,46,50)(H,47,56)(H,48,58)(H,51,57)(H,52,55,59)/t21-,32?/m0/s1. The van der Waals surface area contributed by atoms with Crippen molar-refractivity contribution in [1.82, 2.24) is 36.1 Å². The molecule has 0 bridgehead atoms. The number of fused-ring (bicyclic) bond motifs is 2. The van der Waals surface area contributed by atoms with Crippen LogP contribution in [0.1, 0.15) is 92.6 Å². The number of nitrogens with one attached hydrogen (secondary N) is 5. The minimum absolute atomic E-state index is 0.0116. The van der Waals surface area contributed by atoms with Gasteiger partial charge in [-0.2, -0.15) is 13.2 Å². The van der Waals surface area contributed by atoms with Gasteiger partial charge < -0.3 is 26.2 Å². The number of hydrogen-bond acceptors (Lipinski definition) is 11. The lowest BCUT2D eigenvalue weighted by Gasteiger charge is -2.29. The number of amides is 7. The van der Waals surface area contributed by atoms with Crippen LogP contribution in [0.15, 0.2) is 54.9 Å². The molecular formula is C42H42F3N9O7. The minimum Gasteiger partial charge on any atom is -0.387 e. The lowest BCUT2D eigenvalue weighted by molar-refractivity contribution is -0.137. The van der Waals surface area contributed by atoms with E-state index in [9.17, 15) is 46.7 Å². The molecule has 2 atom stereocenters. The van der Waals surface area contributed by atoms with Crippen LogP contribution in [0.3, 0.4) is 0 Å². The van der Waals surface area contributed by atoms with Crippen molar-refractivity contribution in [2.45, 2.75) is 69.8 Å². The van der Waals surface area contributed by atoms with Crippen molar-refractivity contribution < 1.29 is 46.7 Å². The summed E-state index contributed by atoms with van der Waals surface area (Å²) in [6.45, 7) is 2.08. The Balaban J connectivity index is 0.925. The molecule has 3 aliphatic rings. The molecule has 4 aromatic rings. The second-order valence-corrected chi connectivity index (χ2v) is 15.1. The van der Waals surface area contributed by atoms with E-state index < -0.39 is 53.4 Å². The third-order valence-electron chi connectivity index (χ3n) is 11.0. The lowest BCUT2D eigenvalue weighted by atomic mass is 9.96. The summed E-state index contributed by atoms with van der Waals surface area (Å²) in [5, 5.41) is 13.8. The predicted octanol–water partition coefficient (Wildman–Crippen LogP) is 3.80. The molecule has 1 saturated heterocycles. The van der Waals surface area contributed by atoms with E-state index in [2.05, 4.69) is 36.6 Å². The van der Waals surface area contributed by atoms with Crippen LogP contribution in [0.5, 0.6) is 0 Å². The van der Waals surface area contributed by atoms with Gasteiger partial charge in [-0.1, -0.05) is 12.1 Å². The number of rotatable bonds is 14. The van der Waals surface area contributed by atoms with E-state index >= 15 is 0 Å². The highest BCUT2D eigenvalue weighted by Gasteiger charge is 2.46. The van der Waals surface area contributed by atoms with Gasteiger partial charge in [-0.3, -0.25) is 53.7 Å². The number of aromatic nitrogens is 2. The minimum atomic E-state index is -4.75. The Labute approximate surface area is 347 Å². The maximum Gasteiger partial charge on any atom is 0.417 e. The molecule has 61 heavy (non-hydrogen) atoms. The smallest absolute Gasteiger partial charge is 0.387 e. The number of likely N-dealkylation sites (N-methyl/N-ethyl adjacent to an activating group) is 1. The Morgan fingerprint density at radius 2 is 1.66 bits per heavy atom. The quantitative estimate of drug-likeness (QED) is 0.0911. The molecule has 4 heterocycles. The van der Waals surface area contributed by atoms with Crippen molar-refractivity contribution >= 4 is 63.6 Å². The van der Waals surface area contributed by atoms with Crippen molar-refractivity contribution in [3.63, 3.8) is 0 Å². The van der Waals surface area contributed by atoms with Gasteiger partial charge in [0.2, 0.25) is 17.7 Å². The van der Waals surface area contributed by atoms with E-state index in [1.165, 1.54) is 36.7 Å². The Hall–Kier alpha value is -6.92. The van der Waals surface area contributed by atoms with Crippen molar-refractivity contribution in [3.05, 3.63) is 82.8 Å². The molecule has 16 nitrogen and oxygen atoms in total. The van der Waals surface area contributed by atoms with E-state index in [1.54, 1.807) is 38.1 Å². The first-order chi connectivity index (χ1) is 29.1. The lowest BCUT2D eigenvalue weighted by Crippen LogP contribution is -2.54. The van der Waals surface area contributed by atoms with Crippen molar-refractivity contribution in [3.8, 4) is 11.1 Å². The summed E-state index contributed by atoms with van der Waals surface area (Å²) in [5.41, 5.74) is -0.0315. The number of benzene rings is 2. The number of piperidine rings is 1. The summed E-state index contributed by atoms with van der Waals surface area (Å²) in [5.74, 6) is -3.85. The molecule has 5 N–H and O–H groups in total. The number of hydrogen-bond donors (Lipinski definition) is 5. The number of imide groups is 2. The van der Waals surface area contributed by atoms with Crippen LogP contribution in [0, 0.1) is 0 Å². The number of nitrogens with zero attached hydrogens (tertiary/aromatic N) is 4. The third kappa shape index (κ3) is 8.58. The highest BCUT2D eigenvalue weighted by atomic mass is 19.4. The average Bonchev–Trinajstić information content (AvgIpc) is 4.03. The van der Waals surface area contributed by atoms with E-state index in [0.717, 1.165) is 23.8 Å². The van der Waals surface area contributed by atoms with Crippen molar-refractivity contribution in [2.24, 2.45) is 0 Å². The maximum absolute atomic E-state index is 14.3. The van der Waals surface area contributed by atoms with Crippen LogP contribution in [-0.2, 0) is 20.6 Å². The van der Waals surface area contributed by atoms with Gasteiger partial charge in [-0.25, -0.2) is 0 Å². The van der Waals surface area contributed by atoms with Gasteiger partial charge in [0, 0.05) is 63.0 Å². The zero-order valence-corrected chi connectivity index (χ0v) is 33.4. The summed E-state index contributed by atoms with van der Waals surface area (Å²) in [6, 6.07) is 7.73. The van der Waals surface area contributed by atoms with Crippen LogP contribution in [-0.4, -0.2) is 102 Å². The number of carbonyl (C=O) groups is 7. The molecule has 2 aromatic heterocycles. The van der Waals surface area contributed by atoms with E-state index in [4.69, 9.17) is 0 Å². The Morgan fingerprint density at radius 1 is 0.918 bits per heavy atom. The van der Waals surface area contributed by atoms with Crippen molar-refractivity contribution in [2.75, 3.05) is 37.4 Å². The zero-order valence-electron chi connectivity index (χ0n) is 33.4. The molecule has 318 valence electrons. The van der Waals surface area contributed by atoms with Crippen LogP contribution in [0.25, 0.3) is 22.0 Å². The Bertz CT molecular complexity index is 2470. The second kappa shape index (κ2) is 17.0. The summed E-state index contributed by atoms with van der Waals surface area (Å²) in [6.07, 6.45) is 0.333. The molecule has 2 aliphatic heterocycles. The molecule has 0 radical (unpaired) electrons. The topological polar surface area (TPSA) is 212 Å². The Kier molecular flexibility index (Phi) is 11.8. The van der Waals surface area contributed by atoms with Gasteiger partial charge in [0.05, 0.1) is 39.1 Å². The zero-order chi connectivity index (χ0) is 43.7. The second-order valence-electron chi connectivity index (χ2n) is 15.1. The molecule has 1 saturated carbocycles. The van der Waals surface area contributed by atoms with Gasteiger partial charge in [0.25, 0.3) is 23.6 Å². The first kappa shape index (κ1) is 42.2. The first-order valence-corrected chi connectivity index (χ1v) is 19.7. The normalized spacial score (nSPS) is 16.8. The number of carbonyl (C=O) groups excluding carboxylic acids is 7. The Morgan fingerprint density at radius 3 is 2.31 bits per heavy atom. The number of anilines is 2. The van der Waals surface area contributed by atoms with Gasteiger partial charge in [-0.05, 0) is 74.9 Å². The molecule has 7 rings (SSSR count). The summed E-state index contributed by atoms with van der Waals surface area (Å²) < 4.78 is 43.0. The van der Waals surface area contributed by atoms with Crippen LogP contribution in [0.2, 0.25) is 0 Å². The average molecular weight is 842 g/mol. The van der Waals surface area contributed by atoms with Gasteiger partial charge >= 0.3 is 6.18 Å². The van der Waals surface area contributed by atoms with Gasteiger partial charge in [-0.15, -0.1) is 0 Å². The fourth-order valence-electron chi connectivity index (χ4n) is 7.41. The van der Waals surface area contributed by atoms with E-state index in [0.29, 0.717) is 29.6 Å². The maximum atomic E-state index is 14.3. The van der Waals surface area contributed by atoms with Gasteiger partial charge in [0.15, 0.2) is 0 Å². The highest BCUT2D eigenvalue weighted by Crippen LogP contribution is 2.41. The monoisotopic (exact) mass is 841 g/mol. The fourth-order valence-corrected chi connectivity index (χ4v) is 7.41. The fraction of sp³-hybridized carbons (Fsp3) is 0.357. The highest BCUT2D eigenvalue weighted by molar-refractivity contribution is 6.25. The van der Waals surface area contributed by atoms with E-state index in [1.807, 2.05) is 0 Å². The molecule has 0 spiro atoms. The molecule has 19 heteroatoms. The number of halogens is 3. The summed E-state index contributed by atoms with van der Waals surface area (Å²) in [4.78, 5) is 101. The molecule has 1 unspecified atom stereocenters. The molecule has 2 aromatic carbocycles. The number of unbranched alkanes of at least 4 members (excludes halogenated alkanes) is 1. The van der Waals surface area contributed by atoms with Crippen molar-refractivity contribution in [1.29, 1.82) is 0 Å². The summed E-state index contributed by atoms with van der Waals surface area (Å²) in [7, 11) is 3.17. The first-order valence-electron chi connectivity index (χ1n) is 19.7. The number of pyridine rings is 2. The van der Waals surface area contributed by atoms with Crippen LogP contribution in [0.4, 0.5) is 24.5 Å². The molecule has 7 amide bonds. The molecule has 2 fully saturated rings. The molecule has 1 aliphatic carbocycles.